The molecule has 1 aromatic carbocycles. The van der Waals surface area contributed by atoms with Crippen molar-refractivity contribution in [2.75, 3.05) is 14.2 Å². The molecule has 1 N–H and O–H groups in total. The number of rotatable bonds is 5. The van der Waals surface area contributed by atoms with Gasteiger partial charge in [0.15, 0.2) is 5.78 Å². The molecule has 0 aliphatic rings. The van der Waals surface area contributed by atoms with Gasteiger partial charge in [-0.25, -0.2) is 0 Å². The second kappa shape index (κ2) is 5.51. The summed E-state index contributed by atoms with van der Waals surface area (Å²) < 4.78 is 10.1. The van der Waals surface area contributed by atoms with Crippen LogP contribution in [-0.2, 0) is 0 Å². The standard InChI is InChI=1S/C12H16O4/c1-4-10(13)12(14)9-7-8(15-2)5-6-11(9)16-3/h5-7,10,13H,4H2,1-3H3. The lowest BCUT2D eigenvalue weighted by atomic mass is 10.0. The zero-order chi connectivity index (χ0) is 12.1. The second-order valence-corrected chi connectivity index (χ2v) is 3.35. The van der Waals surface area contributed by atoms with Gasteiger partial charge in [-0.1, -0.05) is 6.92 Å². The van der Waals surface area contributed by atoms with Gasteiger partial charge in [-0.2, -0.15) is 0 Å². The van der Waals surface area contributed by atoms with E-state index < -0.39 is 6.10 Å². The zero-order valence-corrected chi connectivity index (χ0v) is 9.69. The lowest BCUT2D eigenvalue weighted by Crippen LogP contribution is -2.20. The average Bonchev–Trinajstić information content (AvgIpc) is 2.35. The van der Waals surface area contributed by atoms with Crippen LogP contribution in [0.15, 0.2) is 18.2 Å². The molecule has 1 atom stereocenters. The number of hydrogen-bond acceptors (Lipinski definition) is 4. The topological polar surface area (TPSA) is 55.8 Å². The van der Waals surface area contributed by atoms with Crippen LogP contribution < -0.4 is 9.47 Å². The molecule has 88 valence electrons. The van der Waals surface area contributed by atoms with Crippen molar-refractivity contribution in [1.82, 2.24) is 0 Å². The van der Waals surface area contributed by atoms with Gasteiger partial charge in [-0.15, -0.1) is 0 Å². The predicted molar refractivity (Wildman–Crippen MR) is 60.2 cm³/mol. The summed E-state index contributed by atoms with van der Waals surface area (Å²) in [7, 11) is 3.00. The molecular formula is C12H16O4. The first-order chi connectivity index (χ1) is 7.63. The molecule has 0 fully saturated rings. The number of carbonyl (C=O) groups excluding carboxylic acids is 1. The number of hydrogen-bond donors (Lipinski definition) is 1. The van der Waals surface area contributed by atoms with Crippen LogP contribution in [0.1, 0.15) is 23.7 Å². The fourth-order valence-electron chi connectivity index (χ4n) is 1.37. The predicted octanol–water partition coefficient (Wildman–Crippen LogP) is 1.66. The Morgan fingerprint density at radius 3 is 2.56 bits per heavy atom. The van der Waals surface area contributed by atoms with Gasteiger partial charge in [0.1, 0.15) is 17.6 Å². The Labute approximate surface area is 94.8 Å². The monoisotopic (exact) mass is 224 g/mol. The molecule has 0 amide bonds. The molecule has 0 spiro atoms. The molecule has 0 saturated heterocycles. The molecule has 4 nitrogen and oxygen atoms in total. The summed E-state index contributed by atoms with van der Waals surface area (Å²) in [6.45, 7) is 1.75. The minimum atomic E-state index is -0.999. The highest BCUT2D eigenvalue weighted by molar-refractivity contribution is 6.02. The molecule has 1 aromatic rings. The van der Waals surface area contributed by atoms with Gasteiger partial charge in [0.2, 0.25) is 0 Å². The molecular weight excluding hydrogens is 208 g/mol. The third-order valence-corrected chi connectivity index (χ3v) is 2.36. The van der Waals surface area contributed by atoms with E-state index in [1.54, 1.807) is 25.1 Å². The molecule has 0 heterocycles. The first-order valence-electron chi connectivity index (χ1n) is 5.08. The molecule has 4 heteroatoms. The normalized spacial score (nSPS) is 12.0. The fraction of sp³-hybridized carbons (Fsp3) is 0.417. The molecule has 0 aliphatic heterocycles. The Kier molecular flexibility index (Phi) is 4.31. The zero-order valence-electron chi connectivity index (χ0n) is 9.69. The van der Waals surface area contributed by atoms with Crippen molar-refractivity contribution >= 4 is 5.78 Å². The number of aliphatic hydroxyl groups is 1. The van der Waals surface area contributed by atoms with Crippen LogP contribution in [-0.4, -0.2) is 31.2 Å². The van der Waals surface area contributed by atoms with E-state index in [-0.39, 0.29) is 5.78 Å². The molecule has 0 radical (unpaired) electrons. The van der Waals surface area contributed by atoms with E-state index in [9.17, 15) is 9.90 Å². The summed E-state index contributed by atoms with van der Waals surface area (Å²) in [6, 6.07) is 4.92. The van der Waals surface area contributed by atoms with Gasteiger partial charge in [-0.05, 0) is 24.6 Å². The van der Waals surface area contributed by atoms with E-state index in [4.69, 9.17) is 9.47 Å². The smallest absolute Gasteiger partial charge is 0.195 e. The minimum absolute atomic E-state index is 0.344. The highest BCUT2D eigenvalue weighted by atomic mass is 16.5. The van der Waals surface area contributed by atoms with Crippen molar-refractivity contribution in [3.63, 3.8) is 0 Å². The summed E-state index contributed by atoms with van der Waals surface area (Å²) in [5.74, 6) is 0.656. The van der Waals surface area contributed by atoms with Crippen molar-refractivity contribution in [2.24, 2.45) is 0 Å². The summed E-state index contributed by atoms with van der Waals surface area (Å²) in [4.78, 5) is 11.8. The molecule has 0 aliphatic carbocycles. The number of Topliss-reactive ketones (excluding diaryl/α,β-unsaturated/α-hetero) is 1. The molecule has 0 bridgehead atoms. The van der Waals surface area contributed by atoms with Crippen LogP contribution in [0.3, 0.4) is 0 Å². The summed E-state index contributed by atoms with van der Waals surface area (Å²) in [6.07, 6.45) is -0.625. The Morgan fingerprint density at radius 2 is 2.06 bits per heavy atom. The number of methoxy groups -OCH3 is 2. The first-order valence-corrected chi connectivity index (χ1v) is 5.08. The van der Waals surface area contributed by atoms with Gasteiger partial charge in [-0.3, -0.25) is 4.79 Å². The van der Waals surface area contributed by atoms with Crippen LogP contribution in [0, 0.1) is 0 Å². The van der Waals surface area contributed by atoms with Crippen molar-refractivity contribution in [3.8, 4) is 11.5 Å². The molecule has 1 unspecified atom stereocenters. The minimum Gasteiger partial charge on any atom is -0.497 e. The van der Waals surface area contributed by atoms with Crippen LogP contribution in [0.25, 0.3) is 0 Å². The van der Waals surface area contributed by atoms with Crippen molar-refractivity contribution in [3.05, 3.63) is 23.8 Å². The van der Waals surface area contributed by atoms with Crippen molar-refractivity contribution < 1.29 is 19.4 Å². The highest BCUT2D eigenvalue weighted by Gasteiger charge is 2.19. The van der Waals surface area contributed by atoms with E-state index in [0.29, 0.717) is 23.5 Å². The Morgan fingerprint density at radius 1 is 1.38 bits per heavy atom. The van der Waals surface area contributed by atoms with Crippen LogP contribution in [0.4, 0.5) is 0 Å². The lowest BCUT2D eigenvalue weighted by molar-refractivity contribution is 0.0737. The summed E-state index contributed by atoms with van der Waals surface area (Å²) in [5.41, 5.74) is 0.344. The van der Waals surface area contributed by atoms with Gasteiger partial charge in [0.25, 0.3) is 0 Å². The number of aliphatic hydroxyl groups excluding tert-OH is 1. The second-order valence-electron chi connectivity index (χ2n) is 3.35. The Balaban J connectivity index is 3.13. The van der Waals surface area contributed by atoms with Crippen LogP contribution in [0.5, 0.6) is 11.5 Å². The third kappa shape index (κ3) is 2.52. The van der Waals surface area contributed by atoms with Crippen molar-refractivity contribution in [2.45, 2.75) is 19.4 Å². The molecule has 1 rings (SSSR count). The lowest BCUT2D eigenvalue weighted by Gasteiger charge is -2.12. The number of ether oxygens (including phenoxy) is 2. The Hall–Kier alpha value is -1.55. The maximum atomic E-state index is 11.8. The first kappa shape index (κ1) is 12.5. The van der Waals surface area contributed by atoms with Crippen LogP contribution >= 0.6 is 0 Å². The van der Waals surface area contributed by atoms with E-state index in [0.717, 1.165) is 0 Å². The SMILES string of the molecule is CCC(O)C(=O)c1cc(OC)ccc1OC. The van der Waals surface area contributed by atoms with Crippen molar-refractivity contribution in [1.29, 1.82) is 0 Å². The van der Waals surface area contributed by atoms with E-state index in [2.05, 4.69) is 0 Å². The molecule has 16 heavy (non-hydrogen) atoms. The third-order valence-electron chi connectivity index (χ3n) is 2.36. The maximum absolute atomic E-state index is 11.8. The van der Waals surface area contributed by atoms with Gasteiger partial charge >= 0.3 is 0 Å². The van der Waals surface area contributed by atoms with E-state index >= 15 is 0 Å². The summed E-state index contributed by atoms with van der Waals surface area (Å²) in [5, 5.41) is 9.52. The number of carbonyl (C=O) groups is 1. The van der Waals surface area contributed by atoms with Gasteiger partial charge in [0.05, 0.1) is 19.8 Å². The molecule has 0 aromatic heterocycles. The van der Waals surface area contributed by atoms with E-state index in [1.807, 2.05) is 0 Å². The summed E-state index contributed by atoms with van der Waals surface area (Å²) >= 11 is 0. The van der Waals surface area contributed by atoms with Crippen LogP contribution in [0.2, 0.25) is 0 Å². The van der Waals surface area contributed by atoms with E-state index in [1.165, 1.54) is 14.2 Å². The van der Waals surface area contributed by atoms with Gasteiger partial charge in [0, 0.05) is 0 Å². The fourth-order valence-corrected chi connectivity index (χ4v) is 1.37. The molecule has 0 saturated carbocycles. The largest absolute Gasteiger partial charge is 0.497 e. The van der Waals surface area contributed by atoms with Gasteiger partial charge < -0.3 is 14.6 Å². The number of ketones is 1. The quantitative estimate of drug-likeness (QED) is 0.773. The Bertz CT molecular complexity index is 373. The average molecular weight is 224 g/mol. The highest BCUT2D eigenvalue weighted by Crippen LogP contribution is 2.25. The number of benzene rings is 1. The maximum Gasteiger partial charge on any atom is 0.195 e.